The number of nitrogens with one attached hydrogen (secondary N) is 2. The van der Waals surface area contributed by atoms with Crippen molar-refractivity contribution in [1.29, 1.82) is 0 Å². The summed E-state index contributed by atoms with van der Waals surface area (Å²) in [6, 6.07) is 2.36. The van der Waals surface area contributed by atoms with Crippen LogP contribution in [-0.4, -0.2) is 23.9 Å². The Morgan fingerprint density at radius 1 is 1.37 bits per heavy atom. The lowest BCUT2D eigenvalue weighted by atomic mass is 10.2. The van der Waals surface area contributed by atoms with E-state index >= 15 is 0 Å². The van der Waals surface area contributed by atoms with Crippen LogP contribution >= 0.6 is 23.2 Å². The molecule has 0 aliphatic carbocycles. The third-order valence-electron chi connectivity index (χ3n) is 2.24. The smallest absolute Gasteiger partial charge is 0.272 e. The number of halogens is 2. The standard InChI is InChI=1S/C11H13Cl2N3O3/c1-2-3-14-10(17)6-15-11-8(12)4-7(16(18)19)5-9(11)13/h4-5,15H,2-3,6H2,1H3,(H,14,17). The van der Waals surface area contributed by atoms with Gasteiger partial charge in [-0.15, -0.1) is 0 Å². The normalized spacial score (nSPS) is 10.1. The largest absolute Gasteiger partial charge is 0.374 e. The molecule has 6 nitrogen and oxygen atoms in total. The molecule has 0 unspecified atom stereocenters. The van der Waals surface area contributed by atoms with E-state index in [4.69, 9.17) is 23.2 Å². The van der Waals surface area contributed by atoms with Crippen LogP contribution < -0.4 is 10.6 Å². The maximum Gasteiger partial charge on any atom is 0.272 e. The molecule has 0 radical (unpaired) electrons. The van der Waals surface area contributed by atoms with E-state index < -0.39 is 4.92 Å². The molecule has 1 aromatic carbocycles. The van der Waals surface area contributed by atoms with Gasteiger partial charge in [-0.1, -0.05) is 30.1 Å². The van der Waals surface area contributed by atoms with Crippen molar-refractivity contribution in [2.75, 3.05) is 18.4 Å². The molecule has 1 rings (SSSR count). The minimum Gasteiger partial charge on any atom is -0.374 e. The topological polar surface area (TPSA) is 84.3 Å². The van der Waals surface area contributed by atoms with E-state index in [-0.39, 0.29) is 28.2 Å². The van der Waals surface area contributed by atoms with Crippen molar-refractivity contribution in [1.82, 2.24) is 5.32 Å². The Balaban J connectivity index is 2.74. The van der Waals surface area contributed by atoms with E-state index in [1.807, 2.05) is 6.92 Å². The summed E-state index contributed by atoms with van der Waals surface area (Å²) >= 11 is 11.8. The van der Waals surface area contributed by atoms with Gasteiger partial charge in [-0.25, -0.2) is 0 Å². The Morgan fingerprint density at radius 2 is 1.95 bits per heavy atom. The lowest BCUT2D eigenvalue weighted by Gasteiger charge is -2.10. The van der Waals surface area contributed by atoms with Crippen molar-refractivity contribution in [2.45, 2.75) is 13.3 Å². The zero-order valence-corrected chi connectivity index (χ0v) is 11.7. The van der Waals surface area contributed by atoms with Gasteiger partial charge >= 0.3 is 0 Å². The number of nitrogens with zero attached hydrogens (tertiary/aromatic N) is 1. The summed E-state index contributed by atoms with van der Waals surface area (Å²) in [6.07, 6.45) is 0.838. The van der Waals surface area contributed by atoms with Crippen molar-refractivity contribution < 1.29 is 9.72 Å². The summed E-state index contributed by atoms with van der Waals surface area (Å²) < 4.78 is 0. The lowest BCUT2D eigenvalue weighted by molar-refractivity contribution is -0.384. The van der Waals surface area contributed by atoms with Gasteiger partial charge in [0.05, 0.1) is 27.2 Å². The fourth-order valence-corrected chi connectivity index (χ4v) is 1.94. The van der Waals surface area contributed by atoms with Gasteiger partial charge in [-0.3, -0.25) is 14.9 Å². The number of nitro groups is 1. The van der Waals surface area contributed by atoms with Gasteiger partial charge in [0, 0.05) is 18.7 Å². The molecule has 0 aromatic heterocycles. The quantitative estimate of drug-likeness (QED) is 0.625. The van der Waals surface area contributed by atoms with Crippen LogP contribution in [0, 0.1) is 10.1 Å². The number of anilines is 1. The molecule has 0 bridgehead atoms. The highest BCUT2D eigenvalue weighted by Crippen LogP contribution is 2.34. The van der Waals surface area contributed by atoms with Gasteiger partial charge in [-0.05, 0) is 6.42 Å². The molecule has 0 saturated carbocycles. The second kappa shape index (κ2) is 7.16. The van der Waals surface area contributed by atoms with Crippen LogP contribution in [0.4, 0.5) is 11.4 Å². The second-order valence-corrected chi connectivity index (χ2v) is 4.56. The molecular weight excluding hydrogens is 293 g/mol. The number of non-ortho nitro benzene ring substituents is 1. The zero-order valence-electron chi connectivity index (χ0n) is 10.2. The van der Waals surface area contributed by atoms with Crippen LogP contribution in [0.1, 0.15) is 13.3 Å². The van der Waals surface area contributed by atoms with Crippen molar-refractivity contribution in [3.05, 3.63) is 32.3 Å². The van der Waals surface area contributed by atoms with Crippen LogP contribution in [0.25, 0.3) is 0 Å². The number of hydrogen-bond acceptors (Lipinski definition) is 4. The molecule has 0 aliphatic rings. The highest BCUT2D eigenvalue weighted by Gasteiger charge is 2.15. The van der Waals surface area contributed by atoms with Crippen molar-refractivity contribution in [3.63, 3.8) is 0 Å². The van der Waals surface area contributed by atoms with Crippen LogP contribution in [-0.2, 0) is 4.79 Å². The van der Waals surface area contributed by atoms with E-state index in [1.165, 1.54) is 12.1 Å². The molecular formula is C11H13Cl2N3O3. The number of amides is 1. The highest BCUT2D eigenvalue weighted by atomic mass is 35.5. The summed E-state index contributed by atoms with van der Waals surface area (Å²) in [5.41, 5.74) is 0.108. The first-order valence-electron chi connectivity index (χ1n) is 5.59. The third-order valence-corrected chi connectivity index (χ3v) is 2.83. The third kappa shape index (κ3) is 4.57. The maximum atomic E-state index is 11.4. The van der Waals surface area contributed by atoms with Gasteiger partial charge < -0.3 is 10.6 Å². The SMILES string of the molecule is CCCNC(=O)CNc1c(Cl)cc([N+](=O)[O-])cc1Cl. The van der Waals surface area contributed by atoms with Gasteiger partial charge in [0.1, 0.15) is 0 Å². The first-order chi connectivity index (χ1) is 8.95. The number of rotatable bonds is 6. The fourth-order valence-electron chi connectivity index (χ4n) is 1.33. The average molecular weight is 306 g/mol. The van der Waals surface area contributed by atoms with Crippen LogP contribution in [0.3, 0.4) is 0 Å². The van der Waals surface area contributed by atoms with Crippen molar-refractivity contribution >= 4 is 40.5 Å². The van der Waals surface area contributed by atoms with Gasteiger partial charge in [0.2, 0.25) is 5.91 Å². The Kier molecular flexibility index (Phi) is 5.85. The first kappa shape index (κ1) is 15.5. The number of nitro benzene ring substituents is 1. The number of benzene rings is 1. The van der Waals surface area contributed by atoms with Crippen LogP contribution in [0.15, 0.2) is 12.1 Å². The van der Waals surface area contributed by atoms with E-state index in [1.54, 1.807) is 0 Å². The summed E-state index contributed by atoms with van der Waals surface area (Å²) in [4.78, 5) is 21.4. The number of carbonyl (C=O) groups excluding carboxylic acids is 1. The van der Waals surface area contributed by atoms with Gasteiger partial charge in [0.15, 0.2) is 0 Å². The van der Waals surface area contributed by atoms with Gasteiger partial charge in [-0.2, -0.15) is 0 Å². The molecule has 8 heteroatoms. The molecule has 0 heterocycles. The Morgan fingerprint density at radius 3 is 2.42 bits per heavy atom. The predicted molar refractivity (Wildman–Crippen MR) is 74.9 cm³/mol. The predicted octanol–water partition coefficient (Wildman–Crippen LogP) is 2.84. The van der Waals surface area contributed by atoms with E-state index in [0.29, 0.717) is 12.2 Å². The molecule has 104 valence electrons. The second-order valence-electron chi connectivity index (χ2n) is 3.75. The van der Waals surface area contributed by atoms with E-state index in [0.717, 1.165) is 6.42 Å². The van der Waals surface area contributed by atoms with Crippen molar-refractivity contribution in [2.24, 2.45) is 0 Å². The number of carbonyl (C=O) groups is 1. The molecule has 0 saturated heterocycles. The molecule has 0 spiro atoms. The summed E-state index contributed by atoms with van der Waals surface area (Å²) in [6.45, 7) is 2.53. The summed E-state index contributed by atoms with van der Waals surface area (Å²) in [5, 5.41) is 16.2. The van der Waals surface area contributed by atoms with E-state index in [2.05, 4.69) is 10.6 Å². The monoisotopic (exact) mass is 305 g/mol. The highest BCUT2D eigenvalue weighted by molar-refractivity contribution is 6.39. The summed E-state index contributed by atoms with van der Waals surface area (Å²) in [7, 11) is 0. The average Bonchev–Trinajstić information content (AvgIpc) is 2.34. The molecule has 19 heavy (non-hydrogen) atoms. The molecule has 2 N–H and O–H groups in total. The van der Waals surface area contributed by atoms with Crippen molar-refractivity contribution in [3.8, 4) is 0 Å². The fraction of sp³-hybridized carbons (Fsp3) is 0.364. The Bertz CT molecular complexity index is 471. The van der Waals surface area contributed by atoms with E-state index in [9.17, 15) is 14.9 Å². The summed E-state index contributed by atoms with van der Waals surface area (Å²) in [5.74, 6) is -0.202. The Hall–Kier alpha value is -1.53. The molecule has 0 fully saturated rings. The maximum absolute atomic E-state index is 11.4. The molecule has 0 atom stereocenters. The van der Waals surface area contributed by atoms with Crippen LogP contribution in [0.2, 0.25) is 10.0 Å². The lowest BCUT2D eigenvalue weighted by Crippen LogP contribution is -2.30. The molecule has 1 amide bonds. The number of hydrogen-bond donors (Lipinski definition) is 2. The Labute approximate surface area is 120 Å². The first-order valence-corrected chi connectivity index (χ1v) is 6.35. The minimum absolute atomic E-state index is 0.00273. The van der Waals surface area contributed by atoms with Crippen LogP contribution in [0.5, 0.6) is 0 Å². The zero-order chi connectivity index (χ0) is 14.4. The minimum atomic E-state index is -0.588. The van der Waals surface area contributed by atoms with Gasteiger partial charge in [0.25, 0.3) is 5.69 Å². The molecule has 1 aromatic rings. The molecule has 0 aliphatic heterocycles.